The number of fused-ring (bicyclic) bond motifs is 1. The van der Waals surface area contributed by atoms with E-state index in [1.807, 2.05) is 31.2 Å². The van der Waals surface area contributed by atoms with Crippen LogP contribution in [0.3, 0.4) is 0 Å². The van der Waals surface area contributed by atoms with Crippen LogP contribution in [0.1, 0.15) is 26.2 Å². The van der Waals surface area contributed by atoms with E-state index in [2.05, 4.69) is 27.7 Å². The number of hydrogen-bond acceptors (Lipinski definition) is 3. The SMILES string of the molecule is C/C(=C\C=C/C1CC1)C(CCN)C(=O)Nc1ccc2[nH]ncc2c1. The minimum absolute atomic E-state index is 0.0168. The van der Waals surface area contributed by atoms with E-state index in [-0.39, 0.29) is 11.8 Å². The summed E-state index contributed by atoms with van der Waals surface area (Å²) in [4.78, 5) is 12.7. The molecule has 1 saturated carbocycles. The summed E-state index contributed by atoms with van der Waals surface area (Å²) in [6.45, 7) is 2.48. The van der Waals surface area contributed by atoms with Crippen LogP contribution in [-0.2, 0) is 4.79 Å². The molecule has 1 atom stereocenters. The number of carbonyl (C=O) groups is 1. The van der Waals surface area contributed by atoms with E-state index in [1.54, 1.807) is 6.20 Å². The van der Waals surface area contributed by atoms with E-state index >= 15 is 0 Å². The number of anilines is 1. The number of hydrogen-bond donors (Lipinski definition) is 3. The van der Waals surface area contributed by atoms with Crippen LogP contribution in [0.25, 0.3) is 10.9 Å². The lowest BCUT2D eigenvalue weighted by Crippen LogP contribution is -2.26. The maximum atomic E-state index is 12.7. The van der Waals surface area contributed by atoms with E-state index in [0.29, 0.717) is 13.0 Å². The Morgan fingerprint density at radius 2 is 2.33 bits per heavy atom. The van der Waals surface area contributed by atoms with Crippen LogP contribution in [0.4, 0.5) is 5.69 Å². The van der Waals surface area contributed by atoms with Crippen LogP contribution >= 0.6 is 0 Å². The van der Waals surface area contributed by atoms with Gasteiger partial charge in [-0.1, -0.05) is 23.8 Å². The number of nitrogens with zero attached hydrogens (tertiary/aromatic N) is 1. The summed E-state index contributed by atoms with van der Waals surface area (Å²) in [5.74, 6) is 0.508. The molecule has 0 bridgehead atoms. The molecule has 1 aliphatic rings. The number of rotatable bonds is 7. The summed E-state index contributed by atoms with van der Waals surface area (Å²) >= 11 is 0. The third-order valence-corrected chi connectivity index (χ3v) is 4.39. The molecule has 24 heavy (non-hydrogen) atoms. The first kappa shape index (κ1) is 16.5. The van der Waals surface area contributed by atoms with Gasteiger partial charge in [-0.2, -0.15) is 5.10 Å². The summed E-state index contributed by atoms with van der Waals surface area (Å²) in [6.07, 6.45) is 11.3. The first-order valence-electron chi connectivity index (χ1n) is 8.46. The van der Waals surface area contributed by atoms with Crippen LogP contribution in [0.15, 0.2) is 48.2 Å². The number of H-pyrrole nitrogens is 1. The maximum Gasteiger partial charge on any atom is 0.231 e. The number of aromatic nitrogens is 2. The molecule has 1 aliphatic carbocycles. The summed E-state index contributed by atoms with van der Waals surface area (Å²) in [6, 6.07) is 5.71. The van der Waals surface area contributed by atoms with Gasteiger partial charge in [-0.3, -0.25) is 9.89 Å². The predicted molar refractivity (Wildman–Crippen MR) is 97.5 cm³/mol. The molecule has 126 valence electrons. The molecule has 2 aromatic rings. The van der Waals surface area contributed by atoms with Gasteiger partial charge >= 0.3 is 0 Å². The van der Waals surface area contributed by atoms with E-state index in [0.717, 1.165) is 28.1 Å². The molecule has 4 N–H and O–H groups in total. The zero-order chi connectivity index (χ0) is 16.9. The Kier molecular flexibility index (Phi) is 5.11. The lowest BCUT2D eigenvalue weighted by molar-refractivity contribution is -0.118. The van der Waals surface area contributed by atoms with Crippen molar-refractivity contribution in [3.63, 3.8) is 0 Å². The second kappa shape index (κ2) is 7.45. The highest BCUT2D eigenvalue weighted by molar-refractivity contribution is 5.96. The highest BCUT2D eigenvalue weighted by Crippen LogP contribution is 2.30. The molecule has 0 saturated heterocycles. The second-order valence-corrected chi connectivity index (χ2v) is 6.42. The van der Waals surface area contributed by atoms with Crippen LogP contribution < -0.4 is 11.1 Å². The third-order valence-electron chi connectivity index (χ3n) is 4.39. The van der Waals surface area contributed by atoms with Gasteiger partial charge in [0.25, 0.3) is 0 Å². The highest BCUT2D eigenvalue weighted by Gasteiger charge is 2.20. The topological polar surface area (TPSA) is 83.8 Å². The van der Waals surface area contributed by atoms with E-state index in [4.69, 9.17) is 5.73 Å². The van der Waals surface area contributed by atoms with Gasteiger partial charge in [0.05, 0.1) is 17.6 Å². The van der Waals surface area contributed by atoms with Gasteiger partial charge in [0.15, 0.2) is 0 Å². The lowest BCUT2D eigenvalue weighted by atomic mass is 9.95. The summed E-state index contributed by atoms with van der Waals surface area (Å²) in [7, 11) is 0. The smallest absolute Gasteiger partial charge is 0.231 e. The molecule has 1 aromatic heterocycles. The fourth-order valence-electron chi connectivity index (χ4n) is 2.75. The van der Waals surface area contributed by atoms with Gasteiger partial charge in [-0.15, -0.1) is 0 Å². The van der Waals surface area contributed by atoms with Crippen LogP contribution in [0.5, 0.6) is 0 Å². The normalized spacial score (nSPS) is 16.7. The quantitative estimate of drug-likeness (QED) is 0.683. The van der Waals surface area contributed by atoms with Gasteiger partial charge in [0.2, 0.25) is 5.91 Å². The molecule has 0 spiro atoms. The molecule has 1 aromatic carbocycles. The Morgan fingerprint density at radius 1 is 1.50 bits per heavy atom. The van der Waals surface area contributed by atoms with E-state index in [9.17, 15) is 4.79 Å². The molecule has 1 fully saturated rings. The van der Waals surface area contributed by atoms with Crippen molar-refractivity contribution < 1.29 is 4.79 Å². The summed E-state index contributed by atoms with van der Waals surface area (Å²) < 4.78 is 0. The Labute approximate surface area is 142 Å². The summed E-state index contributed by atoms with van der Waals surface area (Å²) in [5, 5.41) is 10.9. The van der Waals surface area contributed by atoms with Crippen LogP contribution in [0.2, 0.25) is 0 Å². The monoisotopic (exact) mass is 324 g/mol. The van der Waals surface area contributed by atoms with E-state index < -0.39 is 0 Å². The molecular formula is C19H24N4O. The van der Waals surface area contributed by atoms with Gasteiger partial charge in [0.1, 0.15) is 0 Å². The Morgan fingerprint density at radius 3 is 3.08 bits per heavy atom. The van der Waals surface area contributed by atoms with Crippen LogP contribution in [0, 0.1) is 11.8 Å². The van der Waals surface area contributed by atoms with Crippen molar-refractivity contribution in [1.82, 2.24) is 10.2 Å². The molecule has 5 heteroatoms. The second-order valence-electron chi connectivity index (χ2n) is 6.42. The van der Waals surface area contributed by atoms with Crippen molar-refractivity contribution in [2.24, 2.45) is 17.6 Å². The molecular weight excluding hydrogens is 300 g/mol. The number of amides is 1. The fourth-order valence-corrected chi connectivity index (χ4v) is 2.75. The van der Waals surface area contributed by atoms with E-state index in [1.165, 1.54) is 12.8 Å². The number of aromatic amines is 1. The third kappa shape index (κ3) is 4.11. The first-order valence-corrected chi connectivity index (χ1v) is 8.46. The zero-order valence-corrected chi connectivity index (χ0v) is 14.0. The Bertz CT molecular complexity index is 771. The van der Waals surface area contributed by atoms with Gasteiger partial charge in [0, 0.05) is 11.1 Å². The number of nitrogens with one attached hydrogen (secondary N) is 2. The largest absolute Gasteiger partial charge is 0.330 e. The van der Waals surface area contributed by atoms with Crippen molar-refractivity contribution in [1.29, 1.82) is 0 Å². The van der Waals surface area contributed by atoms with Crippen molar-refractivity contribution in [3.8, 4) is 0 Å². The number of carbonyl (C=O) groups excluding carboxylic acids is 1. The Hall–Kier alpha value is -2.40. The number of nitrogens with two attached hydrogens (primary N) is 1. The van der Waals surface area contributed by atoms with Crippen molar-refractivity contribution in [3.05, 3.63) is 48.2 Å². The fraction of sp³-hybridized carbons (Fsp3) is 0.368. The predicted octanol–water partition coefficient (Wildman–Crippen LogP) is 3.38. The van der Waals surface area contributed by atoms with Crippen molar-refractivity contribution in [2.45, 2.75) is 26.2 Å². The minimum Gasteiger partial charge on any atom is -0.330 e. The zero-order valence-electron chi connectivity index (χ0n) is 14.0. The standard InChI is InChI=1S/C19H24N4O/c1-13(3-2-4-14-5-6-14)17(9-10-20)19(24)22-16-7-8-18-15(11-16)12-21-23-18/h2-4,7-8,11-12,14,17H,5-6,9-10,20H2,1H3,(H,21,23)(H,22,24)/b4-2-,13-3+. The van der Waals surface area contributed by atoms with Crippen molar-refractivity contribution >= 4 is 22.5 Å². The molecule has 0 aliphatic heterocycles. The van der Waals surface area contributed by atoms with Gasteiger partial charge in [-0.05, 0) is 56.8 Å². The molecule has 1 unspecified atom stereocenters. The number of allylic oxidation sites excluding steroid dienone is 3. The molecule has 0 radical (unpaired) electrons. The summed E-state index contributed by atoms with van der Waals surface area (Å²) in [5.41, 5.74) is 8.48. The highest BCUT2D eigenvalue weighted by atomic mass is 16.1. The average molecular weight is 324 g/mol. The molecule has 1 heterocycles. The van der Waals surface area contributed by atoms with Crippen LogP contribution in [-0.4, -0.2) is 22.6 Å². The maximum absolute atomic E-state index is 12.7. The number of benzene rings is 1. The van der Waals surface area contributed by atoms with Gasteiger partial charge < -0.3 is 11.1 Å². The molecule has 1 amide bonds. The van der Waals surface area contributed by atoms with Gasteiger partial charge in [-0.25, -0.2) is 0 Å². The molecule has 5 nitrogen and oxygen atoms in total. The minimum atomic E-state index is -0.209. The first-order chi connectivity index (χ1) is 11.7. The Balaban J connectivity index is 1.70. The van der Waals surface area contributed by atoms with Crippen molar-refractivity contribution in [2.75, 3.05) is 11.9 Å². The lowest BCUT2D eigenvalue weighted by Gasteiger charge is -2.17. The molecule has 3 rings (SSSR count). The average Bonchev–Trinajstić information content (AvgIpc) is 3.27.